The van der Waals surface area contributed by atoms with Crippen LogP contribution < -0.4 is 10.1 Å². The smallest absolute Gasteiger partial charge is 0.261 e. The molecule has 94 valence electrons. The Labute approximate surface area is 102 Å². The van der Waals surface area contributed by atoms with E-state index >= 15 is 0 Å². The van der Waals surface area contributed by atoms with Crippen LogP contribution in [0.3, 0.4) is 0 Å². The van der Waals surface area contributed by atoms with E-state index < -0.39 is 6.10 Å². The van der Waals surface area contributed by atoms with Gasteiger partial charge in [0.05, 0.1) is 0 Å². The van der Waals surface area contributed by atoms with Crippen LogP contribution in [0.25, 0.3) is 0 Å². The van der Waals surface area contributed by atoms with Gasteiger partial charge in [-0.05, 0) is 25.0 Å². The molecule has 0 spiro atoms. The van der Waals surface area contributed by atoms with Gasteiger partial charge in [-0.3, -0.25) is 4.79 Å². The zero-order valence-corrected chi connectivity index (χ0v) is 10.1. The number of carbonyl (C=O) groups is 1. The second-order valence-corrected chi connectivity index (χ2v) is 3.70. The Morgan fingerprint density at radius 2 is 2.12 bits per heavy atom. The molecule has 0 aliphatic rings. The van der Waals surface area contributed by atoms with Gasteiger partial charge in [0.25, 0.3) is 5.91 Å². The van der Waals surface area contributed by atoms with Crippen molar-refractivity contribution in [2.45, 2.75) is 25.9 Å². The Hall–Kier alpha value is -1.55. The third-order valence-electron chi connectivity index (χ3n) is 2.32. The number of carbonyl (C=O) groups excluding carboxylic acids is 1. The van der Waals surface area contributed by atoms with E-state index in [4.69, 9.17) is 9.84 Å². The number of nitrogens with one attached hydrogen (secondary N) is 1. The molecule has 0 aliphatic carbocycles. The third kappa shape index (κ3) is 4.87. The number of aliphatic hydroxyl groups excluding tert-OH is 1. The minimum atomic E-state index is -0.476. The van der Waals surface area contributed by atoms with Crippen LogP contribution in [-0.4, -0.2) is 30.3 Å². The van der Waals surface area contributed by atoms with Crippen LogP contribution in [0.4, 0.5) is 0 Å². The summed E-state index contributed by atoms with van der Waals surface area (Å²) < 4.78 is 5.58. The van der Waals surface area contributed by atoms with Crippen LogP contribution in [0.5, 0.6) is 5.75 Å². The predicted octanol–water partition coefficient (Wildman–Crippen LogP) is 1.34. The zero-order valence-electron chi connectivity index (χ0n) is 10.1. The van der Waals surface area contributed by atoms with Gasteiger partial charge in [0.1, 0.15) is 5.75 Å². The average Bonchev–Trinajstić information content (AvgIpc) is 2.37. The van der Waals surface area contributed by atoms with E-state index in [0.717, 1.165) is 0 Å². The van der Waals surface area contributed by atoms with E-state index in [1.54, 1.807) is 0 Å². The molecule has 17 heavy (non-hydrogen) atoms. The maximum Gasteiger partial charge on any atom is 0.261 e. The minimum Gasteiger partial charge on any atom is -0.481 e. The fourth-order valence-electron chi connectivity index (χ4n) is 1.39. The Kier molecular flexibility index (Phi) is 6.10. The highest BCUT2D eigenvalue weighted by Crippen LogP contribution is 2.12. The minimum absolute atomic E-state index is 0.0800. The molecule has 0 saturated heterocycles. The SMILES string of the molecule is CCC(Oc1ccccc1)C(=O)NCCCO. The predicted molar refractivity (Wildman–Crippen MR) is 65.9 cm³/mol. The highest BCUT2D eigenvalue weighted by molar-refractivity contribution is 5.81. The monoisotopic (exact) mass is 237 g/mol. The Balaban J connectivity index is 2.45. The van der Waals surface area contributed by atoms with Gasteiger partial charge in [-0.15, -0.1) is 0 Å². The number of rotatable bonds is 7. The molecular formula is C13H19NO3. The summed E-state index contributed by atoms with van der Waals surface area (Å²) in [6, 6.07) is 9.28. The molecule has 2 N–H and O–H groups in total. The number of para-hydroxylation sites is 1. The van der Waals surface area contributed by atoms with Crippen molar-refractivity contribution in [3.63, 3.8) is 0 Å². The number of hydrogen-bond acceptors (Lipinski definition) is 3. The standard InChI is InChI=1S/C13H19NO3/c1-2-12(13(16)14-9-6-10-15)17-11-7-4-3-5-8-11/h3-5,7-8,12,15H,2,6,9-10H2,1H3,(H,14,16). The topological polar surface area (TPSA) is 58.6 Å². The maximum absolute atomic E-state index is 11.7. The Bertz CT molecular complexity index is 327. The van der Waals surface area contributed by atoms with E-state index in [1.165, 1.54) is 0 Å². The van der Waals surface area contributed by atoms with Gasteiger partial charge in [-0.1, -0.05) is 25.1 Å². The van der Waals surface area contributed by atoms with Gasteiger partial charge in [0.15, 0.2) is 6.10 Å². The first-order valence-corrected chi connectivity index (χ1v) is 5.88. The van der Waals surface area contributed by atoms with Gasteiger partial charge in [0, 0.05) is 13.2 Å². The van der Waals surface area contributed by atoms with Crippen molar-refractivity contribution in [3.05, 3.63) is 30.3 Å². The summed E-state index contributed by atoms with van der Waals surface area (Å²) in [5, 5.41) is 11.4. The molecule has 1 atom stereocenters. The summed E-state index contributed by atoms with van der Waals surface area (Å²) >= 11 is 0. The molecule has 1 rings (SSSR count). The van der Waals surface area contributed by atoms with Crippen LogP contribution >= 0.6 is 0 Å². The van der Waals surface area contributed by atoms with Gasteiger partial charge in [-0.2, -0.15) is 0 Å². The molecule has 0 saturated carbocycles. The summed E-state index contributed by atoms with van der Waals surface area (Å²) in [7, 11) is 0. The van der Waals surface area contributed by atoms with E-state index in [0.29, 0.717) is 25.1 Å². The second-order valence-electron chi connectivity index (χ2n) is 3.70. The van der Waals surface area contributed by atoms with Gasteiger partial charge in [-0.25, -0.2) is 0 Å². The van der Waals surface area contributed by atoms with E-state index in [1.807, 2.05) is 37.3 Å². The summed E-state index contributed by atoms with van der Waals surface area (Å²) in [5.41, 5.74) is 0. The highest BCUT2D eigenvalue weighted by Gasteiger charge is 2.17. The van der Waals surface area contributed by atoms with Crippen molar-refractivity contribution in [1.29, 1.82) is 0 Å². The Morgan fingerprint density at radius 1 is 1.41 bits per heavy atom. The van der Waals surface area contributed by atoms with Gasteiger partial charge >= 0.3 is 0 Å². The number of ether oxygens (including phenoxy) is 1. The lowest BCUT2D eigenvalue weighted by atomic mass is 10.2. The van der Waals surface area contributed by atoms with Crippen LogP contribution in [0, 0.1) is 0 Å². The normalized spacial score (nSPS) is 11.9. The fourth-order valence-corrected chi connectivity index (χ4v) is 1.39. The summed E-state index contributed by atoms with van der Waals surface area (Å²) in [6.45, 7) is 2.46. The largest absolute Gasteiger partial charge is 0.481 e. The van der Waals surface area contributed by atoms with Gasteiger partial charge < -0.3 is 15.2 Å². The van der Waals surface area contributed by atoms with E-state index in [2.05, 4.69) is 5.32 Å². The quantitative estimate of drug-likeness (QED) is 0.704. The van der Waals surface area contributed by atoms with Gasteiger partial charge in [0.2, 0.25) is 0 Å². The molecule has 0 radical (unpaired) electrons. The number of amides is 1. The van der Waals surface area contributed by atoms with Crippen LogP contribution in [-0.2, 0) is 4.79 Å². The molecule has 0 aromatic heterocycles. The molecule has 1 aromatic rings. The van der Waals surface area contributed by atoms with Crippen molar-refractivity contribution in [1.82, 2.24) is 5.32 Å². The zero-order chi connectivity index (χ0) is 12.5. The van der Waals surface area contributed by atoms with E-state index in [9.17, 15) is 4.79 Å². The summed E-state index contributed by atoms with van der Waals surface area (Å²) in [6.07, 6.45) is 0.698. The fraction of sp³-hybridized carbons (Fsp3) is 0.462. The summed E-state index contributed by atoms with van der Waals surface area (Å²) in [4.78, 5) is 11.7. The van der Waals surface area contributed by atoms with Crippen molar-refractivity contribution in [2.75, 3.05) is 13.2 Å². The molecule has 1 amide bonds. The van der Waals surface area contributed by atoms with Crippen LogP contribution in [0.15, 0.2) is 30.3 Å². The molecule has 0 bridgehead atoms. The molecule has 0 heterocycles. The van der Waals surface area contributed by atoms with Crippen molar-refractivity contribution in [2.24, 2.45) is 0 Å². The first kappa shape index (κ1) is 13.5. The summed E-state index contributed by atoms with van der Waals surface area (Å²) in [5.74, 6) is 0.557. The average molecular weight is 237 g/mol. The first-order chi connectivity index (χ1) is 8.27. The maximum atomic E-state index is 11.7. The molecule has 1 aromatic carbocycles. The lowest BCUT2D eigenvalue weighted by molar-refractivity contribution is -0.128. The third-order valence-corrected chi connectivity index (χ3v) is 2.32. The first-order valence-electron chi connectivity index (χ1n) is 5.88. The molecular weight excluding hydrogens is 218 g/mol. The molecule has 1 unspecified atom stereocenters. The lowest BCUT2D eigenvalue weighted by Crippen LogP contribution is -2.38. The Morgan fingerprint density at radius 3 is 2.71 bits per heavy atom. The van der Waals surface area contributed by atoms with Crippen molar-refractivity contribution in [3.8, 4) is 5.75 Å². The van der Waals surface area contributed by atoms with Crippen molar-refractivity contribution < 1.29 is 14.6 Å². The highest BCUT2D eigenvalue weighted by atomic mass is 16.5. The lowest BCUT2D eigenvalue weighted by Gasteiger charge is -2.17. The van der Waals surface area contributed by atoms with Crippen LogP contribution in [0.1, 0.15) is 19.8 Å². The molecule has 4 nitrogen and oxygen atoms in total. The van der Waals surface area contributed by atoms with Crippen LogP contribution in [0.2, 0.25) is 0 Å². The number of hydrogen-bond donors (Lipinski definition) is 2. The molecule has 4 heteroatoms. The number of aliphatic hydroxyl groups is 1. The second kappa shape index (κ2) is 7.68. The van der Waals surface area contributed by atoms with Crippen molar-refractivity contribution >= 4 is 5.91 Å². The molecule has 0 fully saturated rings. The van der Waals surface area contributed by atoms with E-state index in [-0.39, 0.29) is 12.5 Å². The molecule has 0 aliphatic heterocycles. The number of benzene rings is 1.